The van der Waals surface area contributed by atoms with Crippen molar-refractivity contribution in [2.45, 2.75) is 33.6 Å². The van der Waals surface area contributed by atoms with Crippen LogP contribution in [0.3, 0.4) is 0 Å². The largest absolute Gasteiger partial charge is 0.308 e. The Balaban J connectivity index is 2.90. The first-order chi connectivity index (χ1) is 8.04. The Kier molecular flexibility index (Phi) is 3.03. The van der Waals surface area contributed by atoms with Gasteiger partial charge in [0.15, 0.2) is 0 Å². The van der Waals surface area contributed by atoms with Gasteiger partial charge in [0.25, 0.3) is 0 Å². The second-order valence-corrected chi connectivity index (χ2v) is 4.82. The molecule has 0 atom stereocenters. The van der Waals surface area contributed by atoms with Gasteiger partial charge in [-0.25, -0.2) is 10.8 Å². The van der Waals surface area contributed by atoms with Crippen LogP contribution in [0.1, 0.15) is 36.5 Å². The smallest absolute Gasteiger partial charge is 0.140 e. The number of hydrazine groups is 1. The lowest BCUT2D eigenvalue weighted by molar-refractivity contribution is 0.873. The van der Waals surface area contributed by atoms with Crippen LogP contribution in [0.2, 0.25) is 0 Å². The summed E-state index contributed by atoms with van der Waals surface area (Å²) in [6.07, 6.45) is 0. The number of nitrogens with two attached hydrogens (primary N) is 1. The van der Waals surface area contributed by atoms with Gasteiger partial charge in [0, 0.05) is 5.39 Å². The van der Waals surface area contributed by atoms with E-state index in [1.165, 1.54) is 22.1 Å². The van der Waals surface area contributed by atoms with Crippen molar-refractivity contribution in [1.82, 2.24) is 4.98 Å². The summed E-state index contributed by atoms with van der Waals surface area (Å²) in [7, 11) is 0. The molecule has 0 unspecified atom stereocenters. The van der Waals surface area contributed by atoms with Crippen LogP contribution in [-0.4, -0.2) is 4.98 Å². The maximum absolute atomic E-state index is 5.49. The Labute approximate surface area is 102 Å². The van der Waals surface area contributed by atoms with E-state index in [1.807, 2.05) is 6.07 Å². The number of nitrogens with zero attached hydrogens (tertiary/aromatic N) is 1. The molecule has 0 aliphatic rings. The fourth-order valence-electron chi connectivity index (χ4n) is 2.21. The van der Waals surface area contributed by atoms with Crippen molar-refractivity contribution in [1.29, 1.82) is 0 Å². The summed E-state index contributed by atoms with van der Waals surface area (Å²) < 4.78 is 0. The van der Waals surface area contributed by atoms with Gasteiger partial charge >= 0.3 is 0 Å². The van der Waals surface area contributed by atoms with E-state index < -0.39 is 0 Å². The lowest BCUT2D eigenvalue weighted by Gasteiger charge is -2.15. The maximum atomic E-state index is 5.49. The van der Waals surface area contributed by atoms with Crippen LogP contribution >= 0.6 is 0 Å². The van der Waals surface area contributed by atoms with Gasteiger partial charge in [-0.1, -0.05) is 26.0 Å². The monoisotopic (exact) mass is 229 g/mol. The zero-order valence-electron chi connectivity index (χ0n) is 10.8. The molecule has 0 amide bonds. The van der Waals surface area contributed by atoms with Gasteiger partial charge in [-0.05, 0) is 42.5 Å². The van der Waals surface area contributed by atoms with Crippen LogP contribution in [0.4, 0.5) is 5.82 Å². The number of aromatic nitrogens is 1. The third-order valence-electron chi connectivity index (χ3n) is 3.17. The second kappa shape index (κ2) is 4.34. The number of anilines is 1. The standard InChI is InChI=1S/C14H19N3/c1-8(2)11-7-12(17-15)16-14-10(4)6-5-9(3)13(11)14/h5-8H,15H2,1-4H3,(H,16,17). The Morgan fingerprint density at radius 1 is 1.18 bits per heavy atom. The highest BCUT2D eigenvalue weighted by Gasteiger charge is 2.12. The quantitative estimate of drug-likeness (QED) is 0.614. The number of benzene rings is 1. The van der Waals surface area contributed by atoms with Crippen LogP contribution in [0.15, 0.2) is 18.2 Å². The number of nitrogen functional groups attached to an aromatic ring is 1. The molecule has 0 bridgehead atoms. The first-order valence-corrected chi connectivity index (χ1v) is 5.92. The number of rotatable bonds is 2. The van der Waals surface area contributed by atoms with Crippen LogP contribution in [0.5, 0.6) is 0 Å². The van der Waals surface area contributed by atoms with Crippen molar-refractivity contribution in [2.75, 3.05) is 5.43 Å². The van der Waals surface area contributed by atoms with Crippen molar-refractivity contribution in [2.24, 2.45) is 5.84 Å². The molecule has 0 aliphatic heterocycles. The molecule has 0 fully saturated rings. The summed E-state index contributed by atoms with van der Waals surface area (Å²) in [6.45, 7) is 8.59. The first-order valence-electron chi connectivity index (χ1n) is 5.92. The molecule has 0 saturated heterocycles. The van der Waals surface area contributed by atoms with E-state index in [0.717, 1.165) is 11.3 Å². The molecule has 3 N–H and O–H groups in total. The number of aryl methyl sites for hydroxylation is 2. The zero-order chi connectivity index (χ0) is 12.6. The van der Waals surface area contributed by atoms with E-state index in [4.69, 9.17) is 5.84 Å². The maximum Gasteiger partial charge on any atom is 0.140 e. The Morgan fingerprint density at radius 2 is 1.82 bits per heavy atom. The predicted molar refractivity (Wildman–Crippen MR) is 73.1 cm³/mol. The molecular weight excluding hydrogens is 210 g/mol. The zero-order valence-corrected chi connectivity index (χ0v) is 10.8. The number of nitrogens with one attached hydrogen (secondary N) is 1. The SMILES string of the molecule is Cc1ccc(C)c2c(C(C)C)cc(NN)nc12. The van der Waals surface area contributed by atoms with E-state index in [9.17, 15) is 0 Å². The molecule has 1 aromatic heterocycles. The topological polar surface area (TPSA) is 50.9 Å². The van der Waals surface area contributed by atoms with E-state index in [2.05, 4.69) is 50.2 Å². The molecule has 3 heteroatoms. The molecular formula is C14H19N3. The molecule has 0 radical (unpaired) electrons. The minimum Gasteiger partial charge on any atom is -0.308 e. The molecule has 1 aromatic carbocycles. The first kappa shape index (κ1) is 11.9. The average Bonchev–Trinajstić information content (AvgIpc) is 2.32. The number of hydrogen-bond donors (Lipinski definition) is 2. The van der Waals surface area contributed by atoms with Gasteiger partial charge in [0.2, 0.25) is 0 Å². The Hall–Kier alpha value is -1.61. The summed E-state index contributed by atoms with van der Waals surface area (Å²) in [5.41, 5.74) is 7.44. The lowest BCUT2D eigenvalue weighted by Crippen LogP contribution is -2.10. The van der Waals surface area contributed by atoms with Crippen LogP contribution < -0.4 is 11.3 Å². The summed E-state index contributed by atoms with van der Waals surface area (Å²) in [5.74, 6) is 6.67. The highest BCUT2D eigenvalue weighted by molar-refractivity contribution is 5.89. The van der Waals surface area contributed by atoms with Crippen molar-refractivity contribution < 1.29 is 0 Å². The van der Waals surface area contributed by atoms with E-state index >= 15 is 0 Å². The van der Waals surface area contributed by atoms with Gasteiger partial charge in [0.1, 0.15) is 5.82 Å². The third kappa shape index (κ3) is 1.98. The molecule has 17 heavy (non-hydrogen) atoms. The summed E-state index contributed by atoms with van der Waals surface area (Å²) in [4.78, 5) is 4.56. The van der Waals surface area contributed by atoms with Gasteiger partial charge in [-0.15, -0.1) is 0 Å². The molecule has 0 aliphatic carbocycles. The molecule has 3 nitrogen and oxygen atoms in total. The van der Waals surface area contributed by atoms with E-state index in [0.29, 0.717) is 5.92 Å². The van der Waals surface area contributed by atoms with Gasteiger partial charge in [-0.3, -0.25) is 0 Å². The molecule has 2 rings (SSSR count). The van der Waals surface area contributed by atoms with E-state index in [1.54, 1.807) is 0 Å². The minimum atomic E-state index is 0.452. The lowest BCUT2D eigenvalue weighted by atomic mass is 9.94. The van der Waals surface area contributed by atoms with Crippen LogP contribution in [-0.2, 0) is 0 Å². The van der Waals surface area contributed by atoms with Crippen molar-refractivity contribution >= 4 is 16.7 Å². The van der Waals surface area contributed by atoms with Crippen molar-refractivity contribution in [3.8, 4) is 0 Å². The minimum absolute atomic E-state index is 0.452. The Morgan fingerprint density at radius 3 is 2.41 bits per heavy atom. The highest BCUT2D eigenvalue weighted by atomic mass is 15.2. The number of hydrogen-bond acceptors (Lipinski definition) is 3. The molecule has 1 heterocycles. The summed E-state index contributed by atoms with van der Waals surface area (Å²) in [6, 6.07) is 6.30. The fraction of sp³-hybridized carbons (Fsp3) is 0.357. The van der Waals surface area contributed by atoms with E-state index in [-0.39, 0.29) is 0 Å². The highest BCUT2D eigenvalue weighted by Crippen LogP contribution is 2.30. The fourth-order valence-corrected chi connectivity index (χ4v) is 2.21. The number of pyridine rings is 1. The molecule has 0 spiro atoms. The normalized spacial score (nSPS) is 11.2. The summed E-state index contributed by atoms with van der Waals surface area (Å²) >= 11 is 0. The van der Waals surface area contributed by atoms with Crippen molar-refractivity contribution in [3.63, 3.8) is 0 Å². The van der Waals surface area contributed by atoms with Gasteiger partial charge in [0.05, 0.1) is 5.52 Å². The summed E-state index contributed by atoms with van der Waals surface area (Å²) in [5, 5.41) is 1.26. The second-order valence-electron chi connectivity index (χ2n) is 4.82. The molecule has 90 valence electrons. The van der Waals surface area contributed by atoms with Gasteiger partial charge in [-0.2, -0.15) is 0 Å². The van der Waals surface area contributed by atoms with Crippen molar-refractivity contribution in [3.05, 3.63) is 34.9 Å². The Bertz CT molecular complexity index is 559. The molecule has 2 aromatic rings. The third-order valence-corrected chi connectivity index (χ3v) is 3.17. The number of fused-ring (bicyclic) bond motifs is 1. The van der Waals surface area contributed by atoms with Crippen LogP contribution in [0, 0.1) is 13.8 Å². The van der Waals surface area contributed by atoms with Gasteiger partial charge < -0.3 is 5.43 Å². The average molecular weight is 229 g/mol. The van der Waals surface area contributed by atoms with Crippen LogP contribution in [0.25, 0.3) is 10.9 Å². The molecule has 0 saturated carbocycles. The predicted octanol–water partition coefficient (Wildman–Crippen LogP) is 3.26.